The standard InChI is InChI=1S/C19H20FNO5/c1-3-26-16-9-6-13(10-17(16)25-2)19(24)21-15(11-18(22)23)12-4-7-14(20)8-5-12/h4-10,15H,3,11H2,1-2H3,(H,21,24)(H,22,23). The van der Waals surface area contributed by atoms with Gasteiger partial charge in [0.15, 0.2) is 11.5 Å². The number of carboxylic acids is 1. The zero-order valence-electron chi connectivity index (χ0n) is 14.5. The lowest BCUT2D eigenvalue weighted by Gasteiger charge is -2.18. The van der Waals surface area contributed by atoms with Crippen molar-refractivity contribution in [3.05, 3.63) is 59.4 Å². The third-order valence-corrected chi connectivity index (χ3v) is 3.68. The number of halogens is 1. The number of amides is 1. The van der Waals surface area contributed by atoms with Crippen LogP contribution >= 0.6 is 0 Å². The Bertz CT molecular complexity index is 776. The zero-order chi connectivity index (χ0) is 19.1. The third-order valence-electron chi connectivity index (χ3n) is 3.68. The highest BCUT2D eigenvalue weighted by molar-refractivity contribution is 5.95. The summed E-state index contributed by atoms with van der Waals surface area (Å²) in [6, 6.07) is 9.23. The van der Waals surface area contributed by atoms with E-state index in [4.69, 9.17) is 14.6 Å². The number of carbonyl (C=O) groups is 2. The number of hydrogen-bond acceptors (Lipinski definition) is 4. The molecular formula is C19H20FNO5. The molecule has 1 unspecified atom stereocenters. The van der Waals surface area contributed by atoms with E-state index in [0.29, 0.717) is 29.2 Å². The molecule has 1 atom stereocenters. The SMILES string of the molecule is CCOc1ccc(C(=O)NC(CC(=O)O)c2ccc(F)cc2)cc1OC. The number of benzene rings is 2. The first-order valence-electron chi connectivity index (χ1n) is 8.03. The summed E-state index contributed by atoms with van der Waals surface area (Å²) in [6.07, 6.45) is -0.328. The number of rotatable bonds is 8. The van der Waals surface area contributed by atoms with E-state index in [9.17, 15) is 14.0 Å². The highest BCUT2D eigenvalue weighted by Crippen LogP contribution is 2.28. The van der Waals surface area contributed by atoms with Crippen LogP contribution in [0.1, 0.15) is 35.3 Å². The van der Waals surface area contributed by atoms with E-state index in [2.05, 4.69) is 5.32 Å². The quantitative estimate of drug-likeness (QED) is 0.754. The van der Waals surface area contributed by atoms with Crippen molar-refractivity contribution < 1.29 is 28.6 Å². The van der Waals surface area contributed by atoms with Crippen molar-refractivity contribution in [1.29, 1.82) is 0 Å². The number of hydrogen-bond donors (Lipinski definition) is 2. The lowest BCUT2D eigenvalue weighted by Crippen LogP contribution is -2.30. The van der Waals surface area contributed by atoms with E-state index in [1.807, 2.05) is 6.92 Å². The van der Waals surface area contributed by atoms with Gasteiger partial charge in [-0.3, -0.25) is 9.59 Å². The molecule has 2 aromatic carbocycles. The Hall–Kier alpha value is -3.09. The van der Waals surface area contributed by atoms with Gasteiger partial charge in [-0.05, 0) is 42.8 Å². The van der Waals surface area contributed by atoms with Gasteiger partial charge in [-0.2, -0.15) is 0 Å². The van der Waals surface area contributed by atoms with Crippen molar-refractivity contribution in [1.82, 2.24) is 5.32 Å². The summed E-state index contributed by atoms with van der Waals surface area (Å²) >= 11 is 0. The first-order chi connectivity index (χ1) is 12.4. The first kappa shape index (κ1) is 19.2. The van der Waals surface area contributed by atoms with E-state index >= 15 is 0 Å². The van der Waals surface area contributed by atoms with Crippen LogP contribution in [0.3, 0.4) is 0 Å². The molecule has 26 heavy (non-hydrogen) atoms. The van der Waals surface area contributed by atoms with Gasteiger partial charge in [0.05, 0.1) is 26.2 Å². The van der Waals surface area contributed by atoms with Gasteiger partial charge in [0.2, 0.25) is 0 Å². The largest absolute Gasteiger partial charge is 0.493 e. The number of ether oxygens (including phenoxy) is 2. The van der Waals surface area contributed by atoms with E-state index < -0.39 is 23.7 Å². The average molecular weight is 361 g/mol. The fourth-order valence-corrected chi connectivity index (χ4v) is 2.45. The highest BCUT2D eigenvalue weighted by Gasteiger charge is 2.20. The van der Waals surface area contributed by atoms with Gasteiger partial charge in [-0.1, -0.05) is 12.1 Å². The maximum Gasteiger partial charge on any atom is 0.305 e. The summed E-state index contributed by atoms with van der Waals surface area (Å²) in [5.41, 5.74) is 0.794. The molecule has 2 N–H and O–H groups in total. The van der Waals surface area contributed by atoms with E-state index in [1.165, 1.54) is 37.4 Å². The molecule has 0 spiro atoms. The van der Waals surface area contributed by atoms with Gasteiger partial charge < -0.3 is 19.9 Å². The number of nitrogens with one attached hydrogen (secondary N) is 1. The maximum absolute atomic E-state index is 13.1. The van der Waals surface area contributed by atoms with Gasteiger partial charge in [-0.25, -0.2) is 4.39 Å². The molecule has 0 aromatic heterocycles. The Balaban J connectivity index is 2.23. The van der Waals surface area contributed by atoms with Gasteiger partial charge in [-0.15, -0.1) is 0 Å². The second-order valence-corrected chi connectivity index (χ2v) is 5.47. The fourth-order valence-electron chi connectivity index (χ4n) is 2.45. The van der Waals surface area contributed by atoms with Gasteiger partial charge in [0.1, 0.15) is 5.82 Å². The average Bonchev–Trinajstić information content (AvgIpc) is 2.62. The molecule has 0 bridgehead atoms. The van der Waals surface area contributed by atoms with E-state index in [0.717, 1.165) is 0 Å². The minimum absolute atomic E-state index is 0.294. The predicted molar refractivity (Wildman–Crippen MR) is 93.0 cm³/mol. The Morgan fingerprint density at radius 2 is 1.85 bits per heavy atom. The molecule has 6 nitrogen and oxygen atoms in total. The molecule has 0 saturated carbocycles. The predicted octanol–water partition coefficient (Wildman–Crippen LogP) is 3.18. The number of carbonyl (C=O) groups excluding carboxylic acids is 1. The highest BCUT2D eigenvalue weighted by atomic mass is 19.1. The molecule has 1 amide bonds. The van der Waals surface area contributed by atoms with Crippen LogP contribution in [0.25, 0.3) is 0 Å². The van der Waals surface area contributed by atoms with Crippen LogP contribution < -0.4 is 14.8 Å². The van der Waals surface area contributed by atoms with Crippen LogP contribution in [0.4, 0.5) is 4.39 Å². The van der Waals surface area contributed by atoms with Crippen molar-refractivity contribution in [2.45, 2.75) is 19.4 Å². The Labute approximate surface area is 150 Å². The van der Waals surface area contributed by atoms with Crippen LogP contribution in [-0.2, 0) is 4.79 Å². The van der Waals surface area contributed by atoms with Crippen molar-refractivity contribution in [3.8, 4) is 11.5 Å². The molecular weight excluding hydrogens is 341 g/mol. The molecule has 0 heterocycles. The van der Waals surface area contributed by atoms with Crippen LogP contribution in [0.5, 0.6) is 11.5 Å². The molecule has 2 rings (SSSR count). The molecule has 0 fully saturated rings. The van der Waals surface area contributed by atoms with E-state index in [-0.39, 0.29) is 6.42 Å². The molecule has 0 aliphatic heterocycles. The summed E-state index contributed by atoms with van der Waals surface area (Å²) in [5, 5.41) is 11.8. The maximum atomic E-state index is 13.1. The lowest BCUT2D eigenvalue weighted by molar-refractivity contribution is -0.137. The Morgan fingerprint density at radius 1 is 1.15 bits per heavy atom. The lowest BCUT2D eigenvalue weighted by atomic mass is 10.0. The summed E-state index contributed by atoms with van der Waals surface area (Å²) in [5.74, 6) is -1.08. The number of aliphatic carboxylic acids is 1. The minimum atomic E-state index is -1.08. The molecule has 0 radical (unpaired) electrons. The molecule has 7 heteroatoms. The monoisotopic (exact) mass is 361 g/mol. The second kappa shape index (κ2) is 8.84. The minimum Gasteiger partial charge on any atom is -0.493 e. The van der Waals surface area contributed by atoms with Crippen molar-refractivity contribution >= 4 is 11.9 Å². The molecule has 0 saturated heterocycles. The smallest absolute Gasteiger partial charge is 0.305 e. The van der Waals surface area contributed by atoms with Crippen molar-refractivity contribution in [3.63, 3.8) is 0 Å². The van der Waals surface area contributed by atoms with Crippen LogP contribution in [0.2, 0.25) is 0 Å². The van der Waals surface area contributed by atoms with Gasteiger partial charge in [0.25, 0.3) is 5.91 Å². The van der Waals surface area contributed by atoms with E-state index in [1.54, 1.807) is 12.1 Å². The van der Waals surface area contributed by atoms with Gasteiger partial charge in [0, 0.05) is 5.56 Å². The Kier molecular flexibility index (Phi) is 6.54. The third kappa shape index (κ3) is 4.95. The topological polar surface area (TPSA) is 84.9 Å². The molecule has 0 aliphatic carbocycles. The van der Waals surface area contributed by atoms with Crippen molar-refractivity contribution in [2.24, 2.45) is 0 Å². The summed E-state index contributed by atoms with van der Waals surface area (Å²) in [4.78, 5) is 23.7. The molecule has 138 valence electrons. The zero-order valence-corrected chi connectivity index (χ0v) is 14.5. The number of methoxy groups -OCH3 is 1. The second-order valence-electron chi connectivity index (χ2n) is 5.47. The normalized spacial score (nSPS) is 11.5. The van der Waals surface area contributed by atoms with Crippen molar-refractivity contribution in [2.75, 3.05) is 13.7 Å². The molecule has 0 aliphatic rings. The number of carboxylic acid groups (broad SMARTS) is 1. The molecule has 2 aromatic rings. The summed E-state index contributed by atoms with van der Waals surface area (Å²) < 4.78 is 23.7. The van der Waals surface area contributed by atoms with Crippen LogP contribution in [0, 0.1) is 5.82 Å². The van der Waals surface area contributed by atoms with Crippen LogP contribution in [-0.4, -0.2) is 30.7 Å². The van der Waals surface area contributed by atoms with Crippen LogP contribution in [0.15, 0.2) is 42.5 Å². The first-order valence-corrected chi connectivity index (χ1v) is 8.03. The summed E-state index contributed by atoms with van der Waals surface area (Å²) in [7, 11) is 1.46. The summed E-state index contributed by atoms with van der Waals surface area (Å²) in [6.45, 7) is 2.28. The van der Waals surface area contributed by atoms with Gasteiger partial charge >= 0.3 is 5.97 Å². The fraction of sp³-hybridized carbons (Fsp3) is 0.263. The Morgan fingerprint density at radius 3 is 2.42 bits per heavy atom.